The van der Waals surface area contributed by atoms with E-state index in [4.69, 9.17) is 0 Å². The number of aryl methyl sites for hydroxylation is 2. The number of hydrogen-bond acceptors (Lipinski definition) is 2. The number of nitrogens with one attached hydrogen (secondary N) is 2. The average molecular weight is 202 g/mol. The number of fused-ring (bicyclic) bond motifs is 3. The minimum Gasteiger partial charge on any atom is -0.316 e. The molecular weight excluding hydrogens is 192 g/mol. The van der Waals surface area contributed by atoms with Crippen LogP contribution in [0.2, 0.25) is 0 Å². The number of aromatic nitrogens is 2. The van der Waals surface area contributed by atoms with Gasteiger partial charge in [0.2, 0.25) is 0 Å². The lowest BCUT2D eigenvalue weighted by atomic mass is 10.1. The Kier molecular flexibility index (Phi) is 1.59. The van der Waals surface area contributed by atoms with Crippen LogP contribution in [0.4, 0.5) is 0 Å². The van der Waals surface area contributed by atoms with Gasteiger partial charge in [-0.25, -0.2) is 0 Å². The second-order valence-electron chi connectivity index (χ2n) is 3.89. The fourth-order valence-electron chi connectivity index (χ4n) is 2.26. The topological polar surface area (TPSA) is 65.7 Å². The summed E-state index contributed by atoms with van der Waals surface area (Å²) < 4.78 is 0. The monoisotopic (exact) mass is 202 g/mol. The van der Waals surface area contributed by atoms with Crippen molar-refractivity contribution < 1.29 is 0 Å². The van der Waals surface area contributed by atoms with Gasteiger partial charge in [-0.15, -0.1) is 0 Å². The molecule has 2 N–H and O–H groups in total. The van der Waals surface area contributed by atoms with E-state index in [-0.39, 0.29) is 0 Å². The Morgan fingerprint density at radius 2 is 1.80 bits per heavy atom. The number of rotatable bonds is 0. The molecule has 0 spiro atoms. The van der Waals surface area contributed by atoms with Crippen molar-refractivity contribution in [1.29, 1.82) is 0 Å². The molecule has 2 aromatic rings. The molecule has 0 unspecified atom stereocenters. The van der Waals surface area contributed by atoms with Crippen LogP contribution in [0.25, 0.3) is 11.0 Å². The Labute approximate surface area is 85.0 Å². The zero-order valence-corrected chi connectivity index (χ0v) is 8.09. The molecule has 0 radical (unpaired) electrons. The molecule has 1 aromatic carbocycles. The van der Waals surface area contributed by atoms with Crippen molar-refractivity contribution in [2.45, 2.75) is 19.3 Å². The fourth-order valence-corrected chi connectivity index (χ4v) is 2.26. The van der Waals surface area contributed by atoms with Crippen LogP contribution in [-0.4, -0.2) is 9.97 Å². The molecule has 4 nitrogen and oxygen atoms in total. The molecule has 76 valence electrons. The third-order valence-electron chi connectivity index (χ3n) is 2.98. The Morgan fingerprint density at radius 1 is 1.00 bits per heavy atom. The highest BCUT2D eigenvalue weighted by Gasteiger charge is 2.14. The maximum atomic E-state index is 11.2. The van der Waals surface area contributed by atoms with E-state index in [1.54, 1.807) is 0 Å². The molecule has 1 aliphatic carbocycles. The van der Waals surface area contributed by atoms with E-state index in [1.807, 2.05) is 12.1 Å². The Morgan fingerprint density at radius 3 is 2.67 bits per heavy atom. The third kappa shape index (κ3) is 1.14. The van der Waals surface area contributed by atoms with Gasteiger partial charge in [-0.3, -0.25) is 9.59 Å². The Bertz CT molecular complexity index is 652. The molecule has 15 heavy (non-hydrogen) atoms. The first-order chi connectivity index (χ1) is 7.25. The van der Waals surface area contributed by atoms with Crippen LogP contribution in [0.1, 0.15) is 17.5 Å². The van der Waals surface area contributed by atoms with Crippen molar-refractivity contribution >= 4 is 11.0 Å². The van der Waals surface area contributed by atoms with Gasteiger partial charge in [0.15, 0.2) is 0 Å². The van der Waals surface area contributed by atoms with Crippen LogP contribution >= 0.6 is 0 Å². The third-order valence-corrected chi connectivity index (χ3v) is 2.98. The Balaban J connectivity index is 2.51. The molecule has 0 saturated carbocycles. The first-order valence-electron chi connectivity index (χ1n) is 5.03. The van der Waals surface area contributed by atoms with Crippen LogP contribution in [0.15, 0.2) is 21.7 Å². The summed E-state index contributed by atoms with van der Waals surface area (Å²) in [5.41, 5.74) is 2.84. The summed E-state index contributed by atoms with van der Waals surface area (Å²) in [6, 6.07) is 3.88. The van der Waals surface area contributed by atoms with Crippen LogP contribution in [0, 0.1) is 0 Å². The second-order valence-corrected chi connectivity index (χ2v) is 3.89. The van der Waals surface area contributed by atoms with E-state index < -0.39 is 11.1 Å². The highest BCUT2D eigenvalue weighted by Crippen LogP contribution is 2.26. The number of hydrogen-bond donors (Lipinski definition) is 2. The van der Waals surface area contributed by atoms with E-state index in [9.17, 15) is 9.59 Å². The van der Waals surface area contributed by atoms with Crippen molar-refractivity contribution in [1.82, 2.24) is 9.97 Å². The lowest BCUT2D eigenvalue weighted by Crippen LogP contribution is -2.29. The van der Waals surface area contributed by atoms with Gasteiger partial charge < -0.3 is 9.97 Å². The van der Waals surface area contributed by atoms with E-state index in [1.165, 1.54) is 11.1 Å². The second kappa shape index (κ2) is 2.82. The lowest BCUT2D eigenvalue weighted by molar-refractivity contribution is 0.912. The maximum absolute atomic E-state index is 11.2. The maximum Gasteiger partial charge on any atom is 0.314 e. The summed E-state index contributed by atoms with van der Waals surface area (Å²) in [5, 5.41) is 0. The highest BCUT2D eigenvalue weighted by molar-refractivity contribution is 5.79. The van der Waals surface area contributed by atoms with Gasteiger partial charge in [-0.1, -0.05) is 6.07 Å². The molecule has 0 saturated heterocycles. The molecule has 0 amide bonds. The number of aromatic amines is 2. The molecule has 1 aromatic heterocycles. The van der Waals surface area contributed by atoms with Crippen LogP contribution in [0.3, 0.4) is 0 Å². The standard InChI is InChI=1S/C11H10N2O2/c14-10-11(15)13-9-7-3-1-2-6(7)4-5-8(9)12-10/h4-5H,1-3H2,(H,12,14)(H,13,15). The average Bonchev–Trinajstić information content (AvgIpc) is 2.68. The Hall–Kier alpha value is -1.84. The van der Waals surface area contributed by atoms with Gasteiger partial charge >= 0.3 is 11.1 Å². The van der Waals surface area contributed by atoms with Crippen LogP contribution < -0.4 is 11.1 Å². The van der Waals surface area contributed by atoms with Crippen LogP contribution in [0.5, 0.6) is 0 Å². The lowest BCUT2D eigenvalue weighted by Gasteiger charge is -2.03. The van der Waals surface area contributed by atoms with Crippen molar-refractivity contribution in [3.05, 3.63) is 44.0 Å². The van der Waals surface area contributed by atoms with Gasteiger partial charge in [0.1, 0.15) is 0 Å². The van der Waals surface area contributed by atoms with Crippen LogP contribution in [-0.2, 0) is 12.8 Å². The molecule has 0 atom stereocenters. The summed E-state index contributed by atoms with van der Waals surface area (Å²) >= 11 is 0. The van der Waals surface area contributed by atoms with Crippen molar-refractivity contribution in [3.63, 3.8) is 0 Å². The highest BCUT2D eigenvalue weighted by atomic mass is 16.2. The molecule has 1 aliphatic rings. The van der Waals surface area contributed by atoms with Crippen molar-refractivity contribution in [2.24, 2.45) is 0 Å². The fraction of sp³-hybridized carbons (Fsp3) is 0.273. The minimum absolute atomic E-state index is 0.567. The smallest absolute Gasteiger partial charge is 0.314 e. The van der Waals surface area contributed by atoms with Gasteiger partial charge in [0.25, 0.3) is 0 Å². The van der Waals surface area contributed by atoms with E-state index in [2.05, 4.69) is 9.97 Å². The zero-order valence-electron chi connectivity index (χ0n) is 8.09. The first-order valence-corrected chi connectivity index (χ1v) is 5.03. The predicted molar refractivity (Wildman–Crippen MR) is 57.2 cm³/mol. The summed E-state index contributed by atoms with van der Waals surface area (Å²) in [5.74, 6) is 0. The molecular formula is C11H10N2O2. The van der Waals surface area contributed by atoms with Crippen molar-refractivity contribution in [2.75, 3.05) is 0 Å². The van der Waals surface area contributed by atoms with Crippen molar-refractivity contribution in [3.8, 4) is 0 Å². The zero-order chi connectivity index (χ0) is 10.4. The normalized spacial score (nSPS) is 14.4. The molecule has 0 aliphatic heterocycles. The number of benzene rings is 1. The minimum atomic E-state index is -0.583. The molecule has 0 bridgehead atoms. The van der Waals surface area contributed by atoms with E-state index in [0.717, 1.165) is 30.3 Å². The largest absolute Gasteiger partial charge is 0.316 e. The van der Waals surface area contributed by atoms with Gasteiger partial charge in [0.05, 0.1) is 11.0 Å². The quantitative estimate of drug-likeness (QED) is 0.618. The van der Waals surface area contributed by atoms with E-state index >= 15 is 0 Å². The summed E-state index contributed by atoms with van der Waals surface area (Å²) in [7, 11) is 0. The summed E-state index contributed by atoms with van der Waals surface area (Å²) in [6.07, 6.45) is 3.16. The summed E-state index contributed by atoms with van der Waals surface area (Å²) in [6.45, 7) is 0. The van der Waals surface area contributed by atoms with Gasteiger partial charge in [-0.2, -0.15) is 0 Å². The molecule has 1 heterocycles. The molecule has 3 rings (SSSR count). The number of H-pyrrole nitrogens is 2. The molecule has 0 fully saturated rings. The summed E-state index contributed by atoms with van der Waals surface area (Å²) in [4.78, 5) is 27.6. The predicted octanol–water partition coefficient (Wildman–Crippen LogP) is 0.705. The van der Waals surface area contributed by atoms with Gasteiger partial charge in [0, 0.05) is 0 Å². The van der Waals surface area contributed by atoms with Gasteiger partial charge in [-0.05, 0) is 36.5 Å². The first kappa shape index (κ1) is 8.47. The SMILES string of the molecule is O=c1[nH]c2ccc3c(c2[nH]c1=O)CCC3. The van der Waals surface area contributed by atoms with E-state index in [0.29, 0.717) is 0 Å². The molecule has 4 heteroatoms.